The molecule has 3 N–H and O–H groups in total. The van der Waals surface area contributed by atoms with Gasteiger partial charge in [0.05, 0.1) is 24.9 Å². The van der Waals surface area contributed by atoms with Crippen molar-refractivity contribution in [3.8, 4) is 0 Å². The zero-order valence-corrected chi connectivity index (χ0v) is 17.1. The Labute approximate surface area is 164 Å². The van der Waals surface area contributed by atoms with E-state index < -0.39 is 17.8 Å². The number of hydrogen-bond donors (Lipinski definition) is 3. The van der Waals surface area contributed by atoms with Crippen molar-refractivity contribution in [2.75, 3.05) is 7.11 Å². The smallest absolute Gasteiger partial charge is 0.305 e. The third-order valence-corrected chi connectivity index (χ3v) is 5.43. The Balaban J connectivity index is 2.54. The molecule has 0 aromatic heterocycles. The molecule has 0 bridgehead atoms. The Hall–Kier alpha value is -1.17. The molecule has 0 aromatic carbocycles. The third-order valence-electron chi connectivity index (χ3n) is 5.43. The van der Waals surface area contributed by atoms with Crippen LogP contribution in [0, 0.1) is 11.8 Å². The highest BCUT2D eigenvalue weighted by Gasteiger charge is 2.39. The van der Waals surface area contributed by atoms with Crippen molar-refractivity contribution in [2.45, 2.75) is 89.4 Å². The summed E-state index contributed by atoms with van der Waals surface area (Å²) >= 11 is 0. The Morgan fingerprint density at radius 2 is 1.93 bits per heavy atom. The lowest BCUT2D eigenvalue weighted by Gasteiger charge is -2.23. The van der Waals surface area contributed by atoms with E-state index in [2.05, 4.69) is 11.7 Å². The molecule has 1 fully saturated rings. The van der Waals surface area contributed by atoms with Gasteiger partial charge in [-0.15, -0.1) is 0 Å². The van der Waals surface area contributed by atoms with E-state index in [1.807, 2.05) is 18.2 Å². The van der Waals surface area contributed by atoms with Crippen LogP contribution in [-0.2, 0) is 9.53 Å². The fraction of sp³-hybridized carbons (Fsp3) is 0.773. The van der Waals surface area contributed by atoms with Crippen LogP contribution in [0.15, 0.2) is 24.3 Å². The van der Waals surface area contributed by atoms with Crippen molar-refractivity contribution in [1.82, 2.24) is 0 Å². The third kappa shape index (κ3) is 9.04. The van der Waals surface area contributed by atoms with Crippen LogP contribution in [0.5, 0.6) is 0 Å². The molecule has 0 aromatic rings. The van der Waals surface area contributed by atoms with Crippen LogP contribution in [0.1, 0.15) is 71.6 Å². The largest absolute Gasteiger partial charge is 0.469 e. The van der Waals surface area contributed by atoms with E-state index in [0.29, 0.717) is 25.7 Å². The van der Waals surface area contributed by atoms with Crippen molar-refractivity contribution in [3.63, 3.8) is 0 Å². The molecule has 0 saturated heterocycles. The number of rotatable bonds is 12. The van der Waals surface area contributed by atoms with Crippen LogP contribution < -0.4 is 0 Å². The van der Waals surface area contributed by atoms with Gasteiger partial charge in [0, 0.05) is 18.8 Å². The van der Waals surface area contributed by atoms with Gasteiger partial charge in [-0.25, -0.2) is 0 Å². The number of carbonyl (C=O) groups is 1. The molecule has 5 nitrogen and oxygen atoms in total. The molecule has 3 unspecified atom stereocenters. The maximum atomic E-state index is 11.1. The lowest BCUT2D eigenvalue weighted by molar-refractivity contribution is -0.140. The predicted octanol–water partition coefficient (Wildman–Crippen LogP) is 3.52. The van der Waals surface area contributed by atoms with Crippen LogP contribution in [0.25, 0.3) is 0 Å². The monoisotopic (exact) mass is 382 g/mol. The number of allylic oxidation sites excluding steroid dienone is 2. The number of unbranched alkanes of at least 4 members (excludes halogenated alkanes) is 3. The Kier molecular flexibility index (Phi) is 10.9. The normalized spacial score (nSPS) is 28.1. The zero-order chi connectivity index (χ0) is 20.3. The summed E-state index contributed by atoms with van der Waals surface area (Å²) in [4.78, 5) is 11.1. The summed E-state index contributed by atoms with van der Waals surface area (Å²) in [5.74, 6) is -0.411. The molecule has 0 radical (unpaired) electrons. The number of hydrogen-bond acceptors (Lipinski definition) is 5. The van der Waals surface area contributed by atoms with Crippen molar-refractivity contribution in [2.24, 2.45) is 11.8 Å². The summed E-state index contributed by atoms with van der Waals surface area (Å²) in [7, 11) is 1.39. The summed E-state index contributed by atoms with van der Waals surface area (Å²) < 4.78 is 4.61. The summed E-state index contributed by atoms with van der Waals surface area (Å²) in [6.07, 6.45) is 13.4. The van der Waals surface area contributed by atoms with E-state index in [1.54, 1.807) is 13.0 Å². The summed E-state index contributed by atoms with van der Waals surface area (Å²) in [6, 6.07) is 0. The second-order valence-electron chi connectivity index (χ2n) is 7.96. The lowest BCUT2D eigenvalue weighted by atomic mass is 9.88. The van der Waals surface area contributed by atoms with Crippen molar-refractivity contribution >= 4 is 5.97 Å². The molecular formula is C22H38O5. The first-order valence-electron chi connectivity index (χ1n) is 10.3. The number of aliphatic hydroxyl groups is 3. The molecule has 1 aliphatic carbocycles. The number of carbonyl (C=O) groups excluding carboxylic acids is 1. The van der Waals surface area contributed by atoms with Gasteiger partial charge in [-0.1, -0.05) is 50.5 Å². The van der Waals surface area contributed by atoms with Gasteiger partial charge >= 0.3 is 5.97 Å². The van der Waals surface area contributed by atoms with Gasteiger partial charge in [0.15, 0.2) is 0 Å². The van der Waals surface area contributed by atoms with Crippen molar-refractivity contribution in [3.05, 3.63) is 24.3 Å². The van der Waals surface area contributed by atoms with Gasteiger partial charge in [-0.3, -0.25) is 4.79 Å². The molecule has 0 aliphatic heterocycles. The van der Waals surface area contributed by atoms with E-state index in [9.17, 15) is 20.1 Å². The first kappa shape index (κ1) is 23.9. The highest BCUT2D eigenvalue weighted by atomic mass is 16.5. The van der Waals surface area contributed by atoms with E-state index in [0.717, 1.165) is 32.1 Å². The van der Waals surface area contributed by atoms with Gasteiger partial charge in [0.2, 0.25) is 0 Å². The van der Waals surface area contributed by atoms with Gasteiger partial charge < -0.3 is 20.1 Å². The molecule has 1 rings (SSSR count). The first-order valence-corrected chi connectivity index (χ1v) is 10.3. The molecule has 1 saturated carbocycles. The average molecular weight is 383 g/mol. The summed E-state index contributed by atoms with van der Waals surface area (Å²) in [5, 5.41) is 31.1. The molecule has 1 aliphatic rings. The lowest BCUT2D eigenvalue weighted by Crippen LogP contribution is -2.24. The zero-order valence-electron chi connectivity index (χ0n) is 17.1. The minimum atomic E-state index is -0.878. The quantitative estimate of drug-likeness (QED) is 0.273. The molecule has 27 heavy (non-hydrogen) atoms. The maximum Gasteiger partial charge on any atom is 0.305 e. The predicted molar refractivity (Wildman–Crippen MR) is 107 cm³/mol. The fourth-order valence-electron chi connectivity index (χ4n) is 3.68. The van der Waals surface area contributed by atoms with Crippen LogP contribution in [0.4, 0.5) is 0 Å². The number of aliphatic hydroxyl groups excluding tert-OH is 2. The topological polar surface area (TPSA) is 87.0 Å². The minimum Gasteiger partial charge on any atom is -0.469 e. The summed E-state index contributed by atoms with van der Waals surface area (Å²) in [6.45, 7) is 3.93. The standard InChI is InChI=1S/C22H38O5/c1-4-5-10-14-22(2,26)15-13-18-17(19(23)16-20(18)24)11-8-6-7-9-12-21(25)27-3/h6,8,13,15,17-20,23-24,26H,4-5,7,9-12,14,16H2,1-3H3/t17?,18-,19?,20?,22-/m1/s1. The molecule has 0 heterocycles. The molecular weight excluding hydrogens is 344 g/mol. The van der Waals surface area contributed by atoms with E-state index in [-0.39, 0.29) is 17.8 Å². The SMILES string of the molecule is CCCCC[C@@](C)(O)C=C[C@H]1C(O)CC(O)C1CC=CCCCC(=O)OC. The van der Waals surface area contributed by atoms with Crippen LogP contribution in [0.2, 0.25) is 0 Å². The van der Waals surface area contributed by atoms with E-state index >= 15 is 0 Å². The van der Waals surface area contributed by atoms with Gasteiger partial charge in [0.1, 0.15) is 0 Å². The van der Waals surface area contributed by atoms with Crippen LogP contribution in [-0.4, -0.2) is 46.2 Å². The van der Waals surface area contributed by atoms with E-state index in [4.69, 9.17) is 0 Å². The summed E-state index contributed by atoms with van der Waals surface area (Å²) in [5.41, 5.74) is -0.878. The first-order chi connectivity index (χ1) is 12.8. The number of esters is 1. The van der Waals surface area contributed by atoms with Crippen molar-refractivity contribution < 1.29 is 24.9 Å². The van der Waals surface area contributed by atoms with Crippen molar-refractivity contribution in [1.29, 1.82) is 0 Å². The van der Waals surface area contributed by atoms with Gasteiger partial charge in [0.25, 0.3) is 0 Å². The molecule has 0 amide bonds. The Morgan fingerprint density at radius 3 is 2.59 bits per heavy atom. The molecule has 5 atom stereocenters. The molecule has 156 valence electrons. The van der Waals surface area contributed by atoms with Gasteiger partial charge in [-0.2, -0.15) is 0 Å². The molecule has 5 heteroatoms. The molecule has 0 spiro atoms. The average Bonchev–Trinajstić information content (AvgIpc) is 2.89. The van der Waals surface area contributed by atoms with Crippen LogP contribution in [0.3, 0.4) is 0 Å². The van der Waals surface area contributed by atoms with Crippen LogP contribution >= 0.6 is 0 Å². The Morgan fingerprint density at radius 1 is 1.19 bits per heavy atom. The highest BCUT2D eigenvalue weighted by Crippen LogP contribution is 2.37. The Bertz CT molecular complexity index is 483. The minimum absolute atomic E-state index is 0.0560. The second kappa shape index (κ2) is 12.3. The fourth-order valence-corrected chi connectivity index (χ4v) is 3.68. The van der Waals surface area contributed by atoms with E-state index in [1.165, 1.54) is 7.11 Å². The highest BCUT2D eigenvalue weighted by molar-refractivity contribution is 5.69. The van der Waals surface area contributed by atoms with Gasteiger partial charge in [-0.05, 0) is 38.5 Å². The number of methoxy groups -OCH3 is 1. The number of ether oxygens (including phenoxy) is 1. The second-order valence-corrected chi connectivity index (χ2v) is 7.96. The maximum absolute atomic E-state index is 11.1.